The highest BCUT2D eigenvalue weighted by atomic mass is 16.8. The molecule has 1 fully saturated rings. The fraction of sp³-hybridized carbons (Fsp3) is 0.342. The van der Waals surface area contributed by atoms with Crippen molar-refractivity contribution in [2.24, 2.45) is 0 Å². The number of aromatic hydroxyl groups is 1. The first-order valence-electron chi connectivity index (χ1n) is 16.4. The number of ether oxygens (including phenoxy) is 3. The molecule has 2 aliphatic carbocycles. The number of nitrogens with one attached hydrogen (secondary N) is 2. The number of fused-ring (bicyclic) bond motifs is 2. The molecule has 11 heteroatoms. The first-order valence-corrected chi connectivity index (χ1v) is 16.4. The average molecular weight is 669 g/mol. The Balaban J connectivity index is 1.24. The second kappa shape index (κ2) is 14.8. The first kappa shape index (κ1) is 34.1. The zero-order chi connectivity index (χ0) is 34.5. The highest BCUT2D eigenvalue weighted by Crippen LogP contribution is 2.45. The van der Waals surface area contributed by atoms with Crippen LogP contribution in [0, 0.1) is 0 Å². The predicted molar refractivity (Wildman–Crippen MR) is 179 cm³/mol. The van der Waals surface area contributed by atoms with E-state index in [1.807, 2.05) is 48.5 Å². The molecule has 0 saturated carbocycles. The summed E-state index contributed by atoms with van der Waals surface area (Å²) in [5.41, 5.74) is 4.07. The summed E-state index contributed by atoms with van der Waals surface area (Å²) in [4.78, 5) is 40.1. The van der Waals surface area contributed by atoms with Crippen LogP contribution in [0.4, 0.5) is 0 Å². The molecular weight excluding hydrogens is 628 g/mol. The highest BCUT2D eigenvalue weighted by molar-refractivity contribution is 5.98. The number of esters is 1. The normalized spacial score (nSPS) is 21.8. The van der Waals surface area contributed by atoms with Crippen molar-refractivity contribution < 1.29 is 43.9 Å². The molecule has 5 N–H and O–H groups in total. The van der Waals surface area contributed by atoms with E-state index in [1.165, 1.54) is 6.92 Å². The molecule has 6 rings (SSSR count). The number of amides is 2. The van der Waals surface area contributed by atoms with Crippen LogP contribution in [-0.4, -0.2) is 82.5 Å². The molecule has 1 spiro atoms. The largest absolute Gasteiger partial charge is 0.508 e. The number of phenolic OH excluding ortho intramolecular Hbond substituents is 1. The van der Waals surface area contributed by atoms with Crippen molar-refractivity contribution in [2.45, 2.75) is 68.9 Å². The van der Waals surface area contributed by atoms with Gasteiger partial charge in [-0.25, -0.2) is 4.79 Å². The van der Waals surface area contributed by atoms with Crippen molar-refractivity contribution in [2.75, 3.05) is 13.2 Å². The number of aliphatic hydroxyl groups is 2. The van der Waals surface area contributed by atoms with E-state index in [0.717, 1.165) is 16.7 Å². The molecule has 5 atom stereocenters. The molecule has 1 aliphatic heterocycles. The molecule has 0 radical (unpaired) electrons. The zero-order valence-electron chi connectivity index (χ0n) is 27.1. The summed E-state index contributed by atoms with van der Waals surface area (Å²) in [6, 6.07) is 20.7. The number of carbonyl (C=O) groups is 3. The van der Waals surface area contributed by atoms with E-state index in [4.69, 9.17) is 19.3 Å². The number of phenols is 1. The Morgan fingerprint density at radius 2 is 1.69 bits per heavy atom. The van der Waals surface area contributed by atoms with Crippen LogP contribution in [0.15, 0.2) is 90.5 Å². The summed E-state index contributed by atoms with van der Waals surface area (Å²) < 4.78 is 19.2. The lowest BCUT2D eigenvalue weighted by Crippen LogP contribution is -2.54. The van der Waals surface area contributed by atoms with E-state index in [-0.39, 0.29) is 30.9 Å². The Morgan fingerprint density at radius 1 is 1.00 bits per heavy atom. The molecule has 49 heavy (non-hydrogen) atoms. The van der Waals surface area contributed by atoms with Gasteiger partial charge in [-0.2, -0.15) is 0 Å². The lowest BCUT2D eigenvalue weighted by atomic mass is 9.91. The third kappa shape index (κ3) is 7.60. The van der Waals surface area contributed by atoms with Crippen LogP contribution in [0.25, 0.3) is 6.08 Å². The van der Waals surface area contributed by atoms with Gasteiger partial charge in [0.1, 0.15) is 30.1 Å². The van der Waals surface area contributed by atoms with Crippen molar-refractivity contribution in [1.29, 1.82) is 0 Å². The average Bonchev–Trinajstić information content (AvgIpc) is 3.64. The van der Waals surface area contributed by atoms with Crippen LogP contribution < -0.4 is 10.6 Å². The quantitative estimate of drug-likeness (QED) is 0.193. The van der Waals surface area contributed by atoms with E-state index in [2.05, 4.69) is 10.6 Å². The molecule has 1 heterocycles. The van der Waals surface area contributed by atoms with Gasteiger partial charge in [0.05, 0.1) is 18.3 Å². The minimum Gasteiger partial charge on any atom is -0.508 e. The van der Waals surface area contributed by atoms with Crippen LogP contribution in [0.5, 0.6) is 5.75 Å². The summed E-state index contributed by atoms with van der Waals surface area (Å²) in [7, 11) is 0. The predicted octanol–water partition coefficient (Wildman–Crippen LogP) is 2.76. The molecule has 3 aromatic carbocycles. The minimum atomic E-state index is -1.29. The standard InChI is InChI=1S/C38H40N2O9/c1-23(42)33(36(45)39-17-18-41)40-35(44)28-19-31(34-32(20-28)48-38(49-34)21-26-11-2-3-12-27(26)22-38)47-37(46)29-15-6-4-9-24(29)13-8-14-25-10-5-7-16-30(25)43/h2-13,15-16,20,23,31-34,41-43H,14,17-19,21-22H2,1H3,(H,39,45)(H,40,44). The van der Waals surface area contributed by atoms with E-state index < -0.39 is 54.0 Å². The number of allylic oxidation sites excluding steroid dienone is 1. The maximum Gasteiger partial charge on any atom is 0.339 e. The highest BCUT2D eigenvalue weighted by Gasteiger charge is 2.55. The maximum atomic E-state index is 13.8. The van der Waals surface area contributed by atoms with Crippen molar-refractivity contribution in [3.63, 3.8) is 0 Å². The van der Waals surface area contributed by atoms with Crippen molar-refractivity contribution in [3.05, 3.63) is 118 Å². The van der Waals surface area contributed by atoms with Gasteiger partial charge in [0, 0.05) is 31.4 Å². The lowest BCUT2D eigenvalue weighted by molar-refractivity contribution is -0.172. The molecule has 5 unspecified atom stereocenters. The minimum absolute atomic E-state index is 0.0266. The summed E-state index contributed by atoms with van der Waals surface area (Å²) >= 11 is 0. The molecule has 0 bridgehead atoms. The van der Waals surface area contributed by atoms with Crippen LogP contribution in [0.3, 0.4) is 0 Å². The molecule has 1 saturated heterocycles. The molecule has 2 amide bonds. The fourth-order valence-electron chi connectivity index (χ4n) is 6.62. The Morgan fingerprint density at radius 3 is 2.41 bits per heavy atom. The van der Waals surface area contributed by atoms with Crippen LogP contribution in [0.1, 0.15) is 46.0 Å². The summed E-state index contributed by atoms with van der Waals surface area (Å²) in [6.07, 6.45) is 3.11. The maximum absolute atomic E-state index is 13.8. The molecule has 256 valence electrons. The number of aliphatic hydroxyl groups excluding tert-OH is 2. The second-order valence-corrected chi connectivity index (χ2v) is 12.6. The number of para-hydroxylation sites is 1. The van der Waals surface area contributed by atoms with Crippen molar-refractivity contribution in [3.8, 4) is 5.75 Å². The van der Waals surface area contributed by atoms with Gasteiger partial charge in [-0.15, -0.1) is 0 Å². The Labute approximate surface area is 284 Å². The second-order valence-electron chi connectivity index (χ2n) is 12.6. The zero-order valence-corrected chi connectivity index (χ0v) is 27.1. The van der Waals surface area contributed by atoms with Gasteiger partial charge in [-0.3, -0.25) is 9.59 Å². The van der Waals surface area contributed by atoms with Crippen molar-refractivity contribution >= 4 is 23.9 Å². The fourth-order valence-corrected chi connectivity index (χ4v) is 6.62. The molecule has 0 aromatic heterocycles. The Kier molecular flexibility index (Phi) is 10.3. The summed E-state index contributed by atoms with van der Waals surface area (Å²) in [5.74, 6) is -2.70. The van der Waals surface area contributed by atoms with Crippen LogP contribution in [-0.2, 0) is 43.1 Å². The van der Waals surface area contributed by atoms with Gasteiger partial charge in [0.2, 0.25) is 11.8 Å². The molecular formula is C38H40N2O9. The van der Waals surface area contributed by atoms with Gasteiger partial charge in [0.15, 0.2) is 5.79 Å². The third-order valence-electron chi connectivity index (χ3n) is 9.04. The summed E-state index contributed by atoms with van der Waals surface area (Å²) in [5, 5.41) is 34.6. The van der Waals surface area contributed by atoms with Gasteiger partial charge >= 0.3 is 5.97 Å². The first-order chi connectivity index (χ1) is 23.7. The van der Waals surface area contributed by atoms with E-state index in [9.17, 15) is 24.6 Å². The third-order valence-corrected chi connectivity index (χ3v) is 9.04. The van der Waals surface area contributed by atoms with E-state index in [1.54, 1.807) is 42.5 Å². The molecule has 11 nitrogen and oxygen atoms in total. The SMILES string of the molecule is CC(O)C(NC(=O)C1=CC2OC3(Cc4ccccc4C3)OC2C(OC(=O)c2ccccc2C=CCc2ccccc2O)C1)C(=O)NCCO. The number of benzene rings is 3. The Bertz CT molecular complexity index is 1740. The number of hydrogen-bond acceptors (Lipinski definition) is 9. The lowest BCUT2D eigenvalue weighted by Gasteiger charge is -2.31. The molecule has 3 aromatic rings. The number of rotatable bonds is 11. The Hall–Kier alpha value is -4.81. The van der Waals surface area contributed by atoms with Gasteiger partial charge < -0.3 is 40.2 Å². The van der Waals surface area contributed by atoms with Gasteiger partial charge in [0.25, 0.3) is 0 Å². The van der Waals surface area contributed by atoms with Crippen LogP contribution >= 0.6 is 0 Å². The summed E-state index contributed by atoms with van der Waals surface area (Å²) in [6.45, 7) is 1.04. The number of carbonyl (C=O) groups excluding carboxylic acids is 3. The van der Waals surface area contributed by atoms with Crippen LogP contribution in [0.2, 0.25) is 0 Å². The number of hydrogen-bond donors (Lipinski definition) is 5. The van der Waals surface area contributed by atoms with E-state index in [0.29, 0.717) is 30.4 Å². The monoisotopic (exact) mass is 668 g/mol. The van der Waals surface area contributed by atoms with Gasteiger partial charge in [-0.1, -0.05) is 72.8 Å². The van der Waals surface area contributed by atoms with Crippen molar-refractivity contribution in [1.82, 2.24) is 10.6 Å². The van der Waals surface area contributed by atoms with E-state index >= 15 is 0 Å². The smallest absolute Gasteiger partial charge is 0.339 e. The van der Waals surface area contributed by atoms with Gasteiger partial charge in [-0.05, 0) is 53.8 Å². The molecule has 3 aliphatic rings. The topological polar surface area (TPSA) is 164 Å².